The van der Waals surface area contributed by atoms with E-state index in [4.69, 9.17) is 11.6 Å². The number of halogens is 1. The van der Waals surface area contributed by atoms with Crippen LogP contribution in [0.1, 0.15) is 12.8 Å². The molecule has 1 atom stereocenters. The molecule has 2 aliphatic heterocycles. The molecule has 0 N–H and O–H groups in total. The van der Waals surface area contributed by atoms with Gasteiger partial charge in [0, 0.05) is 43.1 Å². The fraction of sp³-hybridized carbons (Fsp3) is 0.500. The van der Waals surface area contributed by atoms with Crippen LogP contribution in [0.2, 0.25) is 5.02 Å². The van der Waals surface area contributed by atoms with Gasteiger partial charge < -0.3 is 14.7 Å². The molecule has 1 amide bonds. The van der Waals surface area contributed by atoms with E-state index >= 15 is 0 Å². The van der Waals surface area contributed by atoms with Crippen LogP contribution in [0.15, 0.2) is 24.5 Å². The van der Waals surface area contributed by atoms with Crippen LogP contribution in [0.3, 0.4) is 0 Å². The second-order valence-corrected chi connectivity index (χ2v) is 7.28. The number of benzene rings is 1. The van der Waals surface area contributed by atoms with Gasteiger partial charge in [0.05, 0.1) is 5.52 Å². The van der Waals surface area contributed by atoms with Crippen LogP contribution in [-0.2, 0) is 4.79 Å². The van der Waals surface area contributed by atoms with Crippen LogP contribution in [0.25, 0.3) is 10.9 Å². The lowest BCUT2D eigenvalue weighted by atomic mass is 10.1. The highest BCUT2D eigenvalue weighted by Gasteiger charge is 2.36. The Bertz CT molecular complexity index is 790. The topological polar surface area (TPSA) is 52.6 Å². The third kappa shape index (κ3) is 3.16. The van der Waals surface area contributed by atoms with Crippen molar-refractivity contribution in [1.82, 2.24) is 19.8 Å². The van der Waals surface area contributed by atoms with Crippen LogP contribution in [0, 0.1) is 0 Å². The van der Waals surface area contributed by atoms with Gasteiger partial charge in [-0.25, -0.2) is 9.97 Å². The number of nitrogens with zero attached hydrogens (tertiary/aromatic N) is 5. The fourth-order valence-corrected chi connectivity index (χ4v) is 3.93. The molecule has 2 fully saturated rings. The molecule has 2 aliphatic rings. The van der Waals surface area contributed by atoms with Gasteiger partial charge in [-0.2, -0.15) is 0 Å². The third-order valence-electron chi connectivity index (χ3n) is 5.20. The largest absolute Gasteiger partial charge is 0.344 e. The molecular formula is C18H22ClN5O. The number of carbonyl (C=O) groups excluding carboxylic acids is 1. The summed E-state index contributed by atoms with van der Waals surface area (Å²) in [6, 6.07) is 5.51. The molecule has 2 saturated heterocycles. The number of likely N-dealkylation sites (N-methyl/N-ethyl adjacent to an activating group) is 1. The molecular weight excluding hydrogens is 338 g/mol. The fourth-order valence-electron chi connectivity index (χ4n) is 3.76. The van der Waals surface area contributed by atoms with Crippen molar-refractivity contribution in [2.75, 3.05) is 44.7 Å². The highest BCUT2D eigenvalue weighted by atomic mass is 35.5. The van der Waals surface area contributed by atoms with E-state index in [2.05, 4.69) is 26.8 Å². The minimum atomic E-state index is -0.128. The Labute approximate surface area is 152 Å². The van der Waals surface area contributed by atoms with Gasteiger partial charge in [0.2, 0.25) is 5.91 Å². The van der Waals surface area contributed by atoms with Crippen LogP contribution < -0.4 is 4.90 Å². The number of rotatable bonds is 2. The molecule has 6 nitrogen and oxygen atoms in total. The molecule has 0 bridgehead atoms. The summed E-state index contributed by atoms with van der Waals surface area (Å²) in [5.74, 6) is 1.07. The number of hydrogen-bond acceptors (Lipinski definition) is 5. The lowest BCUT2D eigenvalue weighted by Crippen LogP contribution is -2.53. The smallest absolute Gasteiger partial charge is 0.245 e. The van der Waals surface area contributed by atoms with Crippen LogP contribution in [-0.4, -0.2) is 71.5 Å². The molecule has 0 saturated carbocycles. The maximum atomic E-state index is 13.1. The average Bonchev–Trinajstić information content (AvgIpc) is 3.10. The quantitative estimate of drug-likeness (QED) is 0.821. The Morgan fingerprint density at radius 2 is 1.96 bits per heavy atom. The van der Waals surface area contributed by atoms with Crippen LogP contribution in [0.5, 0.6) is 0 Å². The second-order valence-electron chi connectivity index (χ2n) is 6.84. The molecule has 7 heteroatoms. The van der Waals surface area contributed by atoms with E-state index < -0.39 is 0 Å². The third-order valence-corrected chi connectivity index (χ3v) is 5.44. The van der Waals surface area contributed by atoms with E-state index in [0.717, 1.165) is 62.3 Å². The van der Waals surface area contributed by atoms with Crippen molar-refractivity contribution in [2.24, 2.45) is 0 Å². The normalized spacial score (nSPS) is 21.9. The van der Waals surface area contributed by atoms with Gasteiger partial charge in [0.15, 0.2) is 0 Å². The lowest BCUT2D eigenvalue weighted by Gasteiger charge is -2.36. The minimum Gasteiger partial charge on any atom is -0.344 e. The lowest BCUT2D eigenvalue weighted by molar-refractivity contribution is -0.134. The highest BCUT2D eigenvalue weighted by molar-refractivity contribution is 6.31. The Kier molecular flexibility index (Phi) is 4.48. The first-order chi connectivity index (χ1) is 12.1. The first kappa shape index (κ1) is 16.5. The van der Waals surface area contributed by atoms with E-state index in [1.807, 2.05) is 23.1 Å². The maximum absolute atomic E-state index is 13.1. The zero-order valence-corrected chi connectivity index (χ0v) is 15.1. The molecule has 0 radical (unpaired) electrons. The first-order valence-electron chi connectivity index (χ1n) is 8.78. The van der Waals surface area contributed by atoms with Crippen molar-refractivity contribution in [3.8, 4) is 0 Å². The zero-order chi connectivity index (χ0) is 17.4. The molecule has 4 rings (SSSR count). The van der Waals surface area contributed by atoms with Gasteiger partial charge in [0.1, 0.15) is 18.2 Å². The monoisotopic (exact) mass is 359 g/mol. The van der Waals surface area contributed by atoms with Crippen molar-refractivity contribution < 1.29 is 4.79 Å². The summed E-state index contributed by atoms with van der Waals surface area (Å²) < 4.78 is 0. The molecule has 1 unspecified atom stereocenters. The van der Waals surface area contributed by atoms with Crippen molar-refractivity contribution in [2.45, 2.75) is 18.9 Å². The number of aromatic nitrogens is 2. The van der Waals surface area contributed by atoms with Gasteiger partial charge in [-0.05, 0) is 38.1 Å². The summed E-state index contributed by atoms with van der Waals surface area (Å²) in [6.07, 6.45) is 3.44. The average molecular weight is 360 g/mol. The predicted octanol–water partition coefficient (Wildman–Crippen LogP) is 2.03. The van der Waals surface area contributed by atoms with Crippen molar-refractivity contribution in [3.63, 3.8) is 0 Å². The number of anilines is 1. The Balaban J connectivity index is 1.62. The zero-order valence-electron chi connectivity index (χ0n) is 14.4. The number of carbonyl (C=O) groups is 1. The summed E-state index contributed by atoms with van der Waals surface area (Å²) in [4.78, 5) is 28.3. The standard InChI is InChI=1S/C18H22ClN5O/c1-22-7-9-23(10-8-22)18(25)16-3-2-6-24(16)17-14-5-4-13(19)11-15(14)20-12-21-17/h4-5,11-12,16H,2-3,6-10H2,1H3. The molecule has 0 aliphatic carbocycles. The van der Waals surface area contributed by atoms with Gasteiger partial charge >= 0.3 is 0 Å². The molecule has 1 aromatic heterocycles. The van der Waals surface area contributed by atoms with E-state index in [1.165, 1.54) is 0 Å². The molecule has 132 valence electrons. The first-order valence-corrected chi connectivity index (χ1v) is 9.15. The summed E-state index contributed by atoms with van der Waals surface area (Å²) in [7, 11) is 2.10. The SMILES string of the molecule is CN1CCN(C(=O)C2CCCN2c2ncnc3cc(Cl)ccc23)CC1. The Morgan fingerprint density at radius 3 is 2.76 bits per heavy atom. The summed E-state index contributed by atoms with van der Waals surface area (Å²) in [5, 5.41) is 1.61. The van der Waals surface area contributed by atoms with Crippen molar-refractivity contribution >= 4 is 34.2 Å². The van der Waals surface area contributed by atoms with E-state index in [-0.39, 0.29) is 11.9 Å². The number of piperazine rings is 1. The Hall–Kier alpha value is -1.92. The van der Waals surface area contributed by atoms with Gasteiger partial charge in [-0.3, -0.25) is 4.79 Å². The van der Waals surface area contributed by atoms with Crippen molar-refractivity contribution in [3.05, 3.63) is 29.5 Å². The van der Waals surface area contributed by atoms with E-state index in [0.29, 0.717) is 5.02 Å². The molecule has 1 aromatic carbocycles. The Morgan fingerprint density at radius 1 is 1.16 bits per heavy atom. The highest BCUT2D eigenvalue weighted by Crippen LogP contribution is 2.31. The molecule has 0 spiro atoms. The van der Waals surface area contributed by atoms with E-state index in [1.54, 1.807) is 6.33 Å². The summed E-state index contributed by atoms with van der Waals surface area (Å²) in [5.41, 5.74) is 0.815. The molecule has 25 heavy (non-hydrogen) atoms. The molecule has 2 aromatic rings. The van der Waals surface area contributed by atoms with Gasteiger partial charge in [-0.15, -0.1) is 0 Å². The van der Waals surface area contributed by atoms with Gasteiger partial charge in [-0.1, -0.05) is 11.6 Å². The van der Waals surface area contributed by atoms with Crippen LogP contribution in [0.4, 0.5) is 5.82 Å². The summed E-state index contributed by atoms with van der Waals surface area (Å²) in [6.45, 7) is 4.33. The predicted molar refractivity (Wildman–Crippen MR) is 99.0 cm³/mol. The number of hydrogen-bond donors (Lipinski definition) is 0. The summed E-state index contributed by atoms with van der Waals surface area (Å²) >= 11 is 6.08. The van der Waals surface area contributed by atoms with Crippen LogP contribution >= 0.6 is 11.6 Å². The number of fused-ring (bicyclic) bond motifs is 1. The minimum absolute atomic E-state index is 0.128. The van der Waals surface area contributed by atoms with Gasteiger partial charge in [0.25, 0.3) is 0 Å². The second kappa shape index (κ2) is 6.77. The maximum Gasteiger partial charge on any atom is 0.245 e. The molecule has 3 heterocycles. The number of amides is 1. The van der Waals surface area contributed by atoms with E-state index in [9.17, 15) is 4.79 Å². The van der Waals surface area contributed by atoms with Crippen molar-refractivity contribution in [1.29, 1.82) is 0 Å².